The molecule has 1 saturated carbocycles. The number of piperidine rings is 1. The van der Waals surface area contributed by atoms with Crippen LogP contribution in [0.4, 0.5) is 0 Å². The quantitative estimate of drug-likeness (QED) is 0.640. The van der Waals surface area contributed by atoms with E-state index in [4.69, 9.17) is 15.0 Å². The van der Waals surface area contributed by atoms with Crippen LogP contribution in [0, 0.1) is 17.8 Å². The van der Waals surface area contributed by atoms with Gasteiger partial charge in [0, 0.05) is 19.0 Å². The average Bonchev–Trinajstić information content (AvgIpc) is 2.62. The van der Waals surface area contributed by atoms with E-state index in [2.05, 4.69) is 17.1 Å². The number of carbonyl (C=O) groups is 2. The Kier molecular flexibility index (Phi) is 10.7. The number of carboxylic acid groups (broad SMARTS) is 1. The van der Waals surface area contributed by atoms with Crippen molar-refractivity contribution in [2.45, 2.75) is 51.9 Å². The van der Waals surface area contributed by atoms with Crippen LogP contribution in [-0.2, 0) is 9.59 Å². The Bertz CT molecular complexity index is 349. The fraction of sp³-hybridized carbons (Fsp3) is 0.889. The van der Waals surface area contributed by atoms with Gasteiger partial charge in [0.2, 0.25) is 5.91 Å². The first kappa shape index (κ1) is 20.9. The SMILES string of the molecule is CCC1CCC(C(=O)NCC2CCN(CCO)CC2)CC1.O=CO. The van der Waals surface area contributed by atoms with E-state index in [-0.39, 0.29) is 19.0 Å². The number of rotatable bonds is 6. The van der Waals surface area contributed by atoms with Gasteiger partial charge in [-0.1, -0.05) is 13.3 Å². The smallest absolute Gasteiger partial charge is 0.290 e. The third kappa shape index (κ3) is 7.62. The maximum Gasteiger partial charge on any atom is 0.290 e. The van der Waals surface area contributed by atoms with E-state index in [1.54, 1.807) is 0 Å². The highest BCUT2D eigenvalue weighted by molar-refractivity contribution is 5.78. The topological polar surface area (TPSA) is 89.9 Å². The molecule has 0 unspecified atom stereocenters. The summed E-state index contributed by atoms with van der Waals surface area (Å²) >= 11 is 0. The summed E-state index contributed by atoms with van der Waals surface area (Å²) in [5.74, 6) is 2.03. The molecule has 0 bridgehead atoms. The van der Waals surface area contributed by atoms with Gasteiger partial charge in [0.1, 0.15) is 0 Å². The fourth-order valence-corrected chi connectivity index (χ4v) is 3.78. The molecule has 0 radical (unpaired) electrons. The second-order valence-corrected chi connectivity index (χ2v) is 6.99. The van der Waals surface area contributed by atoms with E-state index < -0.39 is 0 Å². The number of likely N-dealkylation sites (tertiary alicyclic amines) is 1. The van der Waals surface area contributed by atoms with Crippen molar-refractivity contribution in [2.24, 2.45) is 17.8 Å². The molecule has 1 amide bonds. The highest BCUT2D eigenvalue weighted by Gasteiger charge is 2.26. The molecule has 6 nitrogen and oxygen atoms in total. The standard InChI is InChI=1S/C17H32N2O2.CH2O2/c1-2-14-3-5-16(6-4-14)17(21)18-13-15-7-9-19(10-8-15)11-12-20;2-1-3/h14-16,20H,2-13H2,1H3,(H,18,21);1H,(H,2,3). The highest BCUT2D eigenvalue weighted by Crippen LogP contribution is 2.30. The van der Waals surface area contributed by atoms with E-state index in [0.717, 1.165) is 57.8 Å². The van der Waals surface area contributed by atoms with Crippen molar-refractivity contribution in [3.8, 4) is 0 Å². The number of amides is 1. The van der Waals surface area contributed by atoms with Crippen LogP contribution in [-0.4, -0.2) is 60.3 Å². The molecule has 0 spiro atoms. The average molecular weight is 342 g/mol. The van der Waals surface area contributed by atoms with Gasteiger partial charge in [-0.3, -0.25) is 9.59 Å². The van der Waals surface area contributed by atoms with Gasteiger partial charge in [0.05, 0.1) is 6.61 Å². The zero-order chi connectivity index (χ0) is 17.8. The lowest BCUT2D eigenvalue weighted by molar-refractivity contribution is -0.126. The van der Waals surface area contributed by atoms with E-state index in [9.17, 15) is 4.79 Å². The summed E-state index contributed by atoms with van der Waals surface area (Å²) in [6.45, 7) is 6.01. The highest BCUT2D eigenvalue weighted by atomic mass is 16.3. The van der Waals surface area contributed by atoms with Crippen LogP contribution in [0.2, 0.25) is 0 Å². The summed E-state index contributed by atoms with van der Waals surface area (Å²) in [6, 6.07) is 0. The van der Waals surface area contributed by atoms with Crippen LogP contribution in [0.5, 0.6) is 0 Å². The molecule has 0 atom stereocenters. The fourth-order valence-electron chi connectivity index (χ4n) is 3.78. The third-order valence-electron chi connectivity index (χ3n) is 5.48. The van der Waals surface area contributed by atoms with Crippen molar-refractivity contribution in [3.05, 3.63) is 0 Å². The van der Waals surface area contributed by atoms with Crippen molar-refractivity contribution in [1.29, 1.82) is 0 Å². The molecular formula is C18H34N2O4. The second kappa shape index (κ2) is 12.3. The number of β-amino-alcohol motifs (C(OH)–C–C–N with tert-alkyl or cyclic N) is 1. The van der Waals surface area contributed by atoms with Crippen LogP contribution in [0.15, 0.2) is 0 Å². The summed E-state index contributed by atoms with van der Waals surface area (Å²) in [5.41, 5.74) is 0. The number of nitrogens with one attached hydrogen (secondary N) is 1. The van der Waals surface area contributed by atoms with Gasteiger partial charge >= 0.3 is 0 Å². The predicted octanol–water partition coefficient (Wildman–Crippen LogP) is 1.72. The maximum atomic E-state index is 12.2. The van der Waals surface area contributed by atoms with Crippen LogP contribution in [0.1, 0.15) is 51.9 Å². The Labute approximate surface area is 145 Å². The second-order valence-electron chi connectivity index (χ2n) is 6.99. The molecule has 2 rings (SSSR count). The van der Waals surface area contributed by atoms with Crippen molar-refractivity contribution >= 4 is 12.4 Å². The number of carbonyl (C=O) groups excluding carboxylic acids is 1. The molecule has 24 heavy (non-hydrogen) atoms. The minimum atomic E-state index is -0.250. The van der Waals surface area contributed by atoms with Crippen LogP contribution < -0.4 is 5.32 Å². The van der Waals surface area contributed by atoms with E-state index >= 15 is 0 Å². The summed E-state index contributed by atoms with van der Waals surface area (Å²) in [5, 5.41) is 19.0. The number of hydrogen-bond donors (Lipinski definition) is 3. The molecule has 1 heterocycles. The molecule has 1 saturated heterocycles. The Hall–Kier alpha value is -1.14. The van der Waals surface area contributed by atoms with E-state index in [1.165, 1.54) is 19.3 Å². The van der Waals surface area contributed by atoms with Gasteiger partial charge in [-0.05, 0) is 63.5 Å². The maximum absolute atomic E-state index is 12.2. The van der Waals surface area contributed by atoms with Crippen LogP contribution in [0.3, 0.4) is 0 Å². The molecule has 0 aromatic heterocycles. The first-order chi connectivity index (χ1) is 11.6. The molecule has 2 fully saturated rings. The van der Waals surface area contributed by atoms with Crippen molar-refractivity contribution < 1.29 is 19.8 Å². The largest absolute Gasteiger partial charge is 0.483 e. The lowest BCUT2D eigenvalue weighted by Gasteiger charge is -2.32. The Morgan fingerprint density at radius 2 is 1.71 bits per heavy atom. The summed E-state index contributed by atoms with van der Waals surface area (Å²) < 4.78 is 0. The molecule has 0 aromatic carbocycles. The zero-order valence-corrected chi connectivity index (χ0v) is 15.0. The Morgan fingerprint density at radius 3 is 2.21 bits per heavy atom. The number of hydrogen-bond acceptors (Lipinski definition) is 4. The van der Waals surface area contributed by atoms with Gasteiger partial charge < -0.3 is 20.4 Å². The van der Waals surface area contributed by atoms with Gasteiger partial charge in [0.25, 0.3) is 6.47 Å². The first-order valence-electron chi connectivity index (χ1n) is 9.33. The minimum Gasteiger partial charge on any atom is -0.483 e. The predicted molar refractivity (Wildman–Crippen MR) is 93.7 cm³/mol. The van der Waals surface area contributed by atoms with Crippen molar-refractivity contribution in [2.75, 3.05) is 32.8 Å². The molecule has 3 N–H and O–H groups in total. The Balaban J connectivity index is 0.000000891. The van der Waals surface area contributed by atoms with Crippen LogP contribution in [0.25, 0.3) is 0 Å². The monoisotopic (exact) mass is 342 g/mol. The lowest BCUT2D eigenvalue weighted by Crippen LogP contribution is -2.41. The molecule has 140 valence electrons. The van der Waals surface area contributed by atoms with Gasteiger partial charge in [0.15, 0.2) is 0 Å². The lowest BCUT2D eigenvalue weighted by atomic mass is 9.80. The van der Waals surface area contributed by atoms with E-state index in [0.29, 0.717) is 11.8 Å². The van der Waals surface area contributed by atoms with Crippen molar-refractivity contribution in [1.82, 2.24) is 10.2 Å². The molecule has 0 aromatic rings. The summed E-state index contributed by atoms with van der Waals surface area (Å²) in [4.78, 5) is 22.9. The number of aliphatic hydroxyl groups excluding tert-OH is 1. The van der Waals surface area contributed by atoms with Gasteiger partial charge in [-0.25, -0.2) is 0 Å². The molecule has 1 aliphatic heterocycles. The zero-order valence-electron chi connectivity index (χ0n) is 15.0. The number of aliphatic hydroxyl groups is 1. The third-order valence-corrected chi connectivity index (χ3v) is 5.48. The first-order valence-corrected chi connectivity index (χ1v) is 9.33. The molecule has 1 aliphatic carbocycles. The van der Waals surface area contributed by atoms with Crippen LogP contribution >= 0.6 is 0 Å². The summed E-state index contributed by atoms with van der Waals surface area (Å²) in [7, 11) is 0. The Morgan fingerprint density at radius 1 is 1.12 bits per heavy atom. The molecule has 6 heteroatoms. The molecule has 2 aliphatic rings. The normalized spacial score (nSPS) is 25.4. The van der Waals surface area contributed by atoms with E-state index in [1.807, 2.05) is 0 Å². The summed E-state index contributed by atoms with van der Waals surface area (Å²) in [6.07, 6.45) is 8.17. The molecular weight excluding hydrogens is 308 g/mol. The number of nitrogens with zero attached hydrogens (tertiary/aromatic N) is 1. The minimum absolute atomic E-state index is 0.250. The van der Waals surface area contributed by atoms with Gasteiger partial charge in [-0.2, -0.15) is 0 Å². The van der Waals surface area contributed by atoms with Crippen molar-refractivity contribution in [3.63, 3.8) is 0 Å². The van der Waals surface area contributed by atoms with Gasteiger partial charge in [-0.15, -0.1) is 0 Å².